The average Bonchev–Trinajstić information content (AvgIpc) is 2.28. The van der Waals surface area contributed by atoms with Gasteiger partial charge in [-0.1, -0.05) is 13.3 Å². The molecule has 0 aliphatic heterocycles. The van der Waals surface area contributed by atoms with Crippen molar-refractivity contribution >= 4 is 11.6 Å². The largest absolute Gasteiger partial charge is 0.470 e. The molecule has 94 valence electrons. The van der Waals surface area contributed by atoms with Crippen molar-refractivity contribution in [2.24, 2.45) is 0 Å². The van der Waals surface area contributed by atoms with Gasteiger partial charge in [-0.05, 0) is 13.3 Å². The summed E-state index contributed by atoms with van der Waals surface area (Å²) in [5.74, 6) is 0.310. The van der Waals surface area contributed by atoms with Crippen molar-refractivity contribution in [3.8, 4) is 5.88 Å². The molecule has 0 spiro atoms. The molecular formula is C10H16N4O3. The Balaban J connectivity index is 2.96. The third-order valence-corrected chi connectivity index (χ3v) is 2.16. The van der Waals surface area contributed by atoms with Crippen molar-refractivity contribution in [2.45, 2.75) is 32.8 Å². The number of anilines is 1. The van der Waals surface area contributed by atoms with Gasteiger partial charge in [0.1, 0.15) is 6.20 Å². The molecule has 7 heteroatoms. The number of hydrogen-bond donors (Lipinski definition) is 1. The first kappa shape index (κ1) is 13.1. The Morgan fingerprint density at radius 2 is 2.35 bits per heavy atom. The van der Waals surface area contributed by atoms with Crippen LogP contribution in [0.2, 0.25) is 0 Å². The minimum Gasteiger partial charge on any atom is -0.470 e. The van der Waals surface area contributed by atoms with Crippen LogP contribution in [0.4, 0.5) is 11.6 Å². The molecule has 17 heavy (non-hydrogen) atoms. The molecule has 1 atom stereocenters. The molecule has 1 N–H and O–H groups in total. The van der Waals surface area contributed by atoms with E-state index in [0.717, 1.165) is 19.0 Å². The fourth-order valence-electron chi connectivity index (χ4n) is 1.35. The summed E-state index contributed by atoms with van der Waals surface area (Å²) in [6, 6.07) is 0. The predicted molar refractivity (Wildman–Crippen MR) is 63.2 cm³/mol. The zero-order valence-corrected chi connectivity index (χ0v) is 10.1. The van der Waals surface area contributed by atoms with Crippen molar-refractivity contribution < 1.29 is 9.66 Å². The van der Waals surface area contributed by atoms with Crippen LogP contribution in [-0.2, 0) is 0 Å². The molecule has 1 unspecified atom stereocenters. The van der Waals surface area contributed by atoms with Crippen LogP contribution in [-0.4, -0.2) is 28.0 Å². The standard InChI is InChI=1S/C10H16N4O3/c1-4-5-7(2)17-9-8(14(15)16)6-12-10(11-3)13-9/h6-7H,4-5H2,1-3H3,(H,11,12,13). The van der Waals surface area contributed by atoms with Gasteiger partial charge in [-0.3, -0.25) is 10.1 Å². The summed E-state index contributed by atoms with van der Waals surface area (Å²) >= 11 is 0. The maximum Gasteiger partial charge on any atom is 0.349 e. The fraction of sp³-hybridized carbons (Fsp3) is 0.600. The highest BCUT2D eigenvalue weighted by Gasteiger charge is 2.20. The monoisotopic (exact) mass is 240 g/mol. The molecule has 0 amide bonds. The van der Waals surface area contributed by atoms with Crippen LogP contribution in [0.5, 0.6) is 5.88 Å². The summed E-state index contributed by atoms with van der Waals surface area (Å²) in [6.07, 6.45) is 2.79. The normalized spacial score (nSPS) is 11.9. The first-order chi connectivity index (χ1) is 8.08. The Labute approximate surface area is 99.4 Å². The van der Waals surface area contributed by atoms with E-state index in [1.807, 2.05) is 13.8 Å². The second-order valence-electron chi connectivity index (χ2n) is 3.61. The van der Waals surface area contributed by atoms with Crippen molar-refractivity contribution in [3.05, 3.63) is 16.3 Å². The highest BCUT2D eigenvalue weighted by molar-refractivity contribution is 5.42. The van der Waals surface area contributed by atoms with E-state index in [1.165, 1.54) is 0 Å². The summed E-state index contributed by atoms with van der Waals surface area (Å²) in [4.78, 5) is 18.0. The number of nitro groups is 1. The number of aromatic nitrogens is 2. The first-order valence-electron chi connectivity index (χ1n) is 5.44. The van der Waals surface area contributed by atoms with Gasteiger partial charge in [0.05, 0.1) is 11.0 Å². The third kappa shape index (κ3) is 3.54. The molecule has 1 heterocycles. The molecule has 0 fully saturated rings. The van der Waals surface area contributed by atoms with Crippen molar-refractivity contribution in [3.63, 3.8) is 0 Å². The molecule has 0 aromatic carbocycles. The lowest BCUT2D eigenvalue weighted by Crippen LogP contribution is -2.14. The van der Waals surface area contributed by atoms with Gasteiger partial charge >= 0.3 is 5.69 Å². The Kier molecular flexibility index (Phi) is 4.62. The van der Waals surface area contributed by atoms with Crippen molar-refractivity contribution in [1.29, 1.82) is 0 Å². The first-order valence-corrected chi connectivity index (χ1v) is 5.44. The van der Waals surface area contributed by atoms with E-state index in [2.05, 4.69) is 15.3 Å². The molecule has 0 aliphatic carbocycles. The Morgan fingerprint density at radius 3 is 2.88 bits per heavy atom. The smallest absolute Gasteiger partial charge is 0.349 e. The lowest BCUT2D eigenvalue weighted by Gasteiger charge is -2.12. The molecule has 1 aromatic rings. The van der Waals surface area contributed by atoms with E-state index in [9.17, 15) is 10.1 Å². The Morgan fingerprint density at radius 1 is 1.65 bits per heavy atom. The summed E-state index contributed by atoms with van der Waals surface area (Å²) in [7, 11) is 1.64. The Hall–Kier alpha value is -1.92. The predicted octanol–water partition coefficient (Wildman–Crippen LogP) is 1.99. The van der Waals surface area contributed by atoms with Gasteiger partial charge in [-0.2, -0.15) is 4.98 Å². The molecule has 0 bridgehead atoms. The fourth-order valence-corrected chi connectivity index (χ4v) is 1.35. The molecule has 0 aliphatic rings. The summed E-state index contributed by atoms with van der Waals surface area (Å²) in [5.41, 5.74) is -0.216. The van der Waals surface area contributed by atoms with Gasteiger partial charge in [0.25, 0.3) is 5.88 Å². The minimum absolute atomic E-state index is 0.00954. The molecule has 0 radical (unpaired) electrons. The van der Waals surface area contributed by atoms with Gasteiger partial charge in [-0.15, -0.1) is 0 Å². The molecule has 0 saturated heterocycles. The van der Waals surface area contributed by atoms with E-state index < -0.39 is 4.92 Å². The highest BCUT2D eigenvalue weighted by atomic mass is 16.6. The van der Waals surface area contributed by atoms with E-state index in [0.29, 0.717) is 5.95 Å². The molecule has 1 aromatic heterocycles. The number of rotatable bonds is 6. The van der Waals surface area contributed by atoms with Crippen LogP contribution in [0.25, 0.3) is 0 Å². The second kappa shape index (κ2) is 5.97. The van der Waals surface area contributed by atoms with Gasteiger partial charge in [0.15, 0.2) is 0 Å². The summed E-state index contributed by atoms with van der Waals surface area (Å²) < 4.78 is 5.46. The number of nitrogens with one attached hydrogen (secondary N) is 1. The minimum atomic E-state index is -0.548. The molecular weight excluding hydrogens is 224 g/mol. The topological polar surface area (TPSA) is 90.2 Å². The van der Waals surface area contributed by atoms with E-state index in [1.54, 1.807) is 7.05 Å². The zero-order valence-electron chi connectivity index (χ0n) is 10.1. The van der Waals surface area contributed by atoms with Gasteiger partial charge in [0.2, 0.25) is 5.95 Å². The van der Waals surface area contributed by atoms with Gasteiger partial charge in [0, 0.05) is 7.05 Å². The van der Waals surface area contributed by atoms with Gasteiger partial charge in [-0.25, -0.2) is 4.98 Å². The summed E-state index contributed by atoms with van der Waals surface area (Å²) in [6.45, 7) is 3.88. The van der Waals surface area contributed by atoms with E-state index >= 15 is 0 Å². The number of hydrogen-bond acceptors (Lipinski definition) is 6. The lowest BCUT2D eigenvalue weighted by molar-refractivity contribution is -0.386. The molecule has 0 saturated carbocycles. The van der Waals surface area contributed by atoms with E-state index in [-0.39, 0.29) is 17.7 Å². The SMILES string of the molecule is CCCC(C)Oc1nc(NC)ncc1[N+](=O)[O-]. The lowest BCUT2D eigenvalue weighted by atomic mass is 10.2. The zero-order chi connectivity index (χ0) is 12.8. The van der Waals surface area contributed by atoms with Crippen LogP contribution in [0.15, 0.2) is 6.20 Å². The quantitative estimate of drug-likeness (QED) is 0.604. The Bertz CT molecular complexity index is 397. The van der Waals surface area contributed by atoms with Crippen molar-refractivity contribution in [2.75, 3.05) is 12.4 Å². The van der Waals surface area contributed by atoms with Crippen LogP contribution in [0.1, 0.15) is 26.7 Å². The van der Waals surface area contributed by atoms with Gasteiger partial charge < -0.3 is 10.1 Å². The number of ether oxygens (including phenoxy) is 1. The maximum absolute atomic E-state index is 10.8. The third-order valence-electron chi connectivity index (χ3n) is 2.16. The van der Waals surface area contributed by atoms with Crippen LogP contribution >= 0.6 is 0 Å². The van der Waals surface area contributed by atoms with Crippen LogP contribution in [0.3, 0.4) is 0 Å². The van der Waals surface area contributed by atoms with Crippen LogP contribution < -0.4 is 10.1 Å². The highest BCUT2D eigenvalue weighted by Crippen LogP contribution is 2.25. The second-order valence-corrected chi connectivity index (χ2v) is 3.61. The maximum atomic E-state index is 10.8. The average molecular weight is 240 g/mol. The number of nitrogens with zero attached hydrogens (tertiary/aromatic N) is 3. The molecule has 7 nitrogen and oxygen atoms in total. The molecule has 1 rings (SSSR count). The van der Waals surface area contributed by atoms with Crippen molar-refractivity contribution in [1.82, 2.24) is 9.97 Å². The van der Waals surface area contributed by atoms with E-state index in [4.69, 9.17) is 4.74 Å². The van der Waals surface area contributed by atoms with Crippen LogP contribution in [0, 0.1) is 10.1 Å². The summed E-state index contributed by atoms with van der Waals surface area (Å²) in [5, 5.41) is 13.5.